The first-order valence-corrected chi connectivity index (χ1v) is 5.71. The molecule has 0 amide bonds. The van der Waals surface area contributed by atoms with Gasteiger partial charge in [0.05, 0.1) is 0 Å². The van der Waals surface area contributed by atoms with E-state index < -0.39 is 6.10 Å². The van der Waals surface area contributed by atoms with E-state index in [0.717, 1.165) is 15.6 Å². The summed E-state index contributed by atoms with van der Waals surface area (Å²) < 4.78 is 6.16. The molecule has 0 aliphatic heterocycles. The van der Waals surface area contributed by atoms with Gasteiger partial charge in [0.2, 0.25) is 0 Å². The lowest BCUT2D eigenvalue weighted by molar-refractivity contribution is -0.128. The Kier molecular flexibility index (Phi) is 4.48. The summed E-state index contributed by atoms with van der Waals surface area (Å²) in [7, 11) is 1.56. The van der Waals surface area contributed by atoms with Crippen LogP contribution in [0.3, 0.4) is 0 Å². The van der Waals surface area contributed by atoms with E-state index in [1.54, 1.807) is 7.11 Å². The Morgan fingerprint density at radius 2 is 2.20 bits per heavy atom. The van der Waals surface area contributed by atoms with Crippen molar-refractivity contribution in [3.05, 3.63) is 33.8 Å². The standard InChI is InChI=1S/C12H15BrO2/c1-4-11(14)12(15-3)9-6-5-8(2)7-10(9)13/h5-7,12H,4H2,1-3H3. The zero-order valence-electron chi connectivity index (χ0n) is 9.21. The van der Waals surface area contributed by atoms with Crippen molar-refractivity contribution < 1.29 is 9.53 Å². The van der Waals surface area contributed by atoms with E-state index in [-0.39, 0.29) is 5.78 Å². The number of methoxy groups -OCH3 is 1. The number of carbonyl (C=O) groups excluding carboxylic acids is 1. The summed E-state index contributed by atoms with van der Waals surface area (Å²) in [6.07, 6.45) is 0.0312. The van der Waals surface area contributed by atoms with Crippen molar-refractivity contribution in [1.29, 1.82) is 0 Å². The molecule has 0 aliphatic carbocycles. The summed E-state index contributed by atoms with van der Waals surface area (Å²) in [6.45, 7) is 3.86. The van der Waals surface area contributed by atoms with E-state index in [4.69, 9.17) is 4.74 Å². The van der Waals surface area contributed by atoms with Crippen molar-refractivity contribution in [2.75, 3.05) is 7.11 Å². The van der Waals surface area contributed by atoms with Crippen LogP contribution in [0.4, 0.5) is 0 Å². The van der Waals surface area contributed by atoms with Gasteiger partial charge in [0.25, 0.3) is 0 Å². The fourth-order valence-electron chi connectivity index (χ4n) is 1.46. The van der Waals surface area contributed by atoms with Gasteiger partial charge in [-0.1, -0.05) is 35.0 Å². The lowest BCUT2D eigenvalue weighted by Gasteiger charge is -2.15. The van der Waals surface area contributed by atoms with Crippen molar-refractivity contribution in [1.82, 2.24) is 0 Å². The van der Waals surface area contributed by atoms with Crippen LogP contribution in [-0.4, -0.2) is 12.9 Å². The van der Waals surface area contributed by atoms with Gasteiger partial charge in [-0.15, -0.1) is 0 Å². The first-order chi connectivity index (χ1) is 7.10. The molecule has 3 heteroatoms. The Bertz CT molecular complexity index is 361. The van der Waals surface area contributed by atoms with Gasteiger partial charge in [0, 0.05) is 23.6 Å². The molecule has 0 spiro atoms. The smallest absolute Gasteiger partial charge is 0.165 e. The molecular formula is C12H15BrO2. The van der Waals surface area contributed by atoms with Gasteiger partial charge in [-0.25, -0.2) is 0 Å². The highest BCUT2D eigenvalue weighted by atomic mass is 79.9. The van der Waals surface area contributed by atoms with Gasteiger partial charge < -0.3 is 4.74 Å². The Balaban J connectivity index is 3.07. The van der Waals surface area contributed by atoms with E-state index in [1.807, 2.05) is 32.0 Å². The number of hydrogen-bond donors (Lipinski definition) is 0. The Labute approximate surface area is 98.8 Å². The van der Waals surface area contributed by atoms with Crippen LogP contribution in [0.25, 0.3) is 0 Å². The summed E-state index contributed by atoms with van der Waals surface area (Å²) in [5, 5.41) is 0. The number of halogens is 1. The number of Topliss-reactive ketones (excluding diaryl/α,β-unsaturated/α-hetero) is 1. The van der Waals surface area contributed by atoms with E-state index >= 15 is 0 Å². The van der Waals surface area contributed by atoms with E-state index in [0.29, 0.717) is 6.42 Å². The van der Waals surface area contributed by atoms with E-state index in [1.165, 1.54) is 0 Å². The Morgan fingerprint density at radius 3 is 2.67 bits per heavy atom. The Morgan fingerprint density at radius 1 is 1.53 bits per heavy atom. The number of carbonyl (C=O) groups is 1. The van der Waals surface area contributed by atoms with Crippen LogP contribution in [0.2, 0.25) is 0 Å². The van der Waals surface area contributed by atoms with Crippen molar-refractivity contribution >= 4 is 21.7 Å². The zero-order valence-corrected chi connectivity index (χ0v) is 10.8. The van der Waals surface area contributed by atoms with Crippen LogP contribution < -0.4 is 0 Å². The fourth-order valence-corrected chi connectivity index (χ4v) is 2.16. The van der Waals surface area contributed by atoms with Crippen molar-refractivity contribution in [3.63, 3.8) is 0 Å². The van der Waals surface area contributed by atoms with Crippen LogP contribution in [0.15, 0.2) is 22.7 Å². The minimum absolute atomic E-state index is 0.0991. The van der Waals surface area contributed by atoms with Crippen molar-refractivity contribution in [2.45, 2.75) is 26.4 Å². The monoisotopic (exact) mass is 270 g/mol. The molecule has 15 heavy (non-hydrogen) atoms. The predicted octanol–water partition coefficient (Wildman–Crippen LogP) is 3.42. The summed E-state index contributed by atoms with van der Waals surface area (Å²) in [5.41, 5.74) is 2.05. The van der Waals surface area contributed by atoms with Crippen LogP contribution >= 0.6 is 15.9 Å². The summed E-state index contributed by atoms with van der Waals surface area (Å²) >= 11 is 3.45. The van der Waals surface area contributed by atoms with Crippen molar-refractivity contribution in [2.24, 2.45) is 0 Å². The van der Waals surface area contributed by atoms with Gasteiger partial charge in [-0.3, -0.25) is 4.79 Å². The Hall–Kier alpha value is -0.670. The molecule has 0 N–H and O–H groups in total. The molecule has 0 bridgehead atoms. The molecular weight excluding hydrogens is 256 g/mol. The zero-order chi connectivity index (χ0) is 11.4. The third kappa shape index (κ3) is 2.89. The molecule has 0 fully saturated rings. The third-order valence-electron chi connectivity index (χ3n) is 2.32. The lowest BCUT2D eigenvalue weighted by Crippen LogP contribution is -2.14. The first kappa shape index (κ1) is 12.4. The second-order valence-corrected chi connectivity index (χ2v) is 4.31. The predicted molar refractivity (Wildman–Crippen MR) is 63.9 cm³/mol. The maximum Gasteiger partial charge on any atom is 0.165 e. The largest absolute Gasteiger partial charge is 0.369 e. The molecule has 1 atom stereocenters. The summed E-state index contributed by atoms with van der Waals surface area (Å²) in [6, 6.07) is 5.90. The van der Waals surface area contributed by atoms with E-state index in [2.05, 4.69) is 15.9 Å². The average Bonchev–Trinajstić information content (AvgIpc) is 2.21. The molecule has 0 radical (unpaired) electrons. The van der Waals surface area contributed by atoms with E-state index in [9.17, 15) is 4.79 Å². The maximum atomic E-state index is 11.6. The molecule has 0 heterocycles. The average molecular weight is 271 g/mol. The van der Waals surface area contributed by atoms with Crippen molar-refractivity contribution in [3.8, 4) is 0 Å². The number of aryl methyl sites for hydroxylation is 1. The minimum atomic E-state index is -0.454. The molecule has 0 aliphatic rings. The summed E-state index contributed by atoms with van der Waals surface area (Å²) in [5.74, 6) is 0.0991. The molecule has 1 aromatic rings. The highest BCUT2D eigenvalue weighted by molar-refractivity contribution is 9.10. The number of benzene rings is 1. The molecule has 0 saturated heterocycles. The molecule has 1 unspecified atom stereocenters. The highest BCUT2D eigenvalue weighted by Gasteiger charge is 2.20. The topological polar surface area (TPSA) is 26.3 Å². The second-order valence-electron chi connectivity index (χ2n) is 3.46. The van der Waals surface area contributed by atoms with Gasteiger partial charge >= 0.3 is 0 Å². The fraction of sp³-hybridized carbons (Fsp3) is 0.417. The number of ketones is 1. The number of rotatable bonds is 4. The molecule has 82 valence electrons. The molecule has 1 rings (SSSR count). The minimum Gasteiger partial charge on any atom is -0.369 e. The van der Waals surface area contributed by atoms with Crippen LogP contribution in [0, 0.1) is 6.92 Å². The summed E-state index contributed by atoms with van der Waals surface area (Å²) in [4.78, 5) is 11.6. The highest BCUT2D eigenvalue weighted by Crippen LogP contribution is 2.27. The van der Waals surface area contributed by atoms with Crippen LogP contribution in [0.5, 0.6) is 0 Å². The SMILES string of the molecule is CCC(=O)C(OC)c1ccc(C)cc1Br. The molecule has 2 nitrogen and oxygen atoms in total. The molecule has 0 aromatic heterocycles. The molecule has 1 aromatic carbocycles. The second kappa shape index (κ2) is 5.42. The van der Waals surface area contributed by atoms with Crippen LogP contribution in [-0.2, 0) is 9.53 Å². The lowest BCUT2D eigenvalue weighted by atomic mass is 10.0. The van der Waals surface area contributed by atoms with Gasteiger partial charge in [-0.05, 0) is 18.6 Å². The van der Waals surface area contributed by atoms with Gasteiger partial charge in [0.1, 0.15) is 6.10 Å². The van der Waals surface area contributed by atoms with Gasteiger partial charge in [0.15, 0.2) is 5.78 Å². The number of ether oxygens (including phenoxy) is 1. The first-order valence-electron chi connectivity index (χ1n) is 4.91. The third-order valence-corrected chi connectivity index (χ3v) is 3.00. The van der Waals surface area contributed by atoms with Gasteiger partial charge in [-0.2, -0.15) is 0 Å². The normalized spacial score (nSPS) is 12.5. The quantitative estimate of drug-likeness (QED) is 0.838. The number of hydrogen-bond acceptors (Lipinski definition) is 2. The maximum absolute atomic E-state index is 11.6. The molecule has 0 saturated carbocycles. The van der Waals surface area contributed by atoms with Crippen LogP contribution in [0.1, 0.15) is 30.6 Å².